The maximum absolute atomic E-state index is 3.71. The minimum absolute atomic E-state index is 0.294. The van der Waals surface area contributed by atoms with Crippen LogP contribution in [0.2, 0.25) is 0 Å². The van der Waals surface area contributed by atoms with Gasteiger partial charge in [-0.25, -0.2) is 0 Å². The van der Waals surface area contributed by atoms with Gasteiger partial charge in [0.25, 0.3) is 0 Å². The van der Waals surface area contributed by atoms with Crippen molar-refractivity contribution < 1.29 is 0 Å². The zero-order valence-corrected chi connectivity index (χ0v) is 14.1. The first kappa shape index (κ1) is 16.5. The molecule has 1 atom stereocenters. The van der Waals surface area contributed by atoms with Crippen molar-refractivity contribution in [1.82, 2.24) is 10.2 Å². The maximum atomic E-state index is 3.71. The van der Waals surface area contributed by atoms with Crippen molar-refractivity contribution in [2.45, 2.75) is 64.5 Å². The molecule has 118 valence electrons. The molecule has 0 bridgehead atoms. The summed E-state index contributed by atoms with van der Waals surface area (Å²) < 4.78 is 0. The number of benzene rings is 1. The molecule has 0 saturated carbocycles. The smallest absolute Gasteiger partial charge is 0.0195 e. The molecule has 2 nitrogen and oxygen atoms in total. The third-order valence-corrected chi connectivity index (χ3v) is 4.83. The van der Waals surface area contributed by atoms with Gasteiger partial charge in [-0.05, 0) is 64.6 Å². The third-order valence-electron chi connectivity index (χ3n) is 4.83. The summed E-state index contributed by atoms with van der Waals surface area (Å²) in [6.45, 7) is 10.7. The van der Waals surface area contributed by atoms with E-state index in [4.69, 9.17) is 0 Å². The second kappa shape index (κ2) is 7.95. The van der Waals surface area contributed by atoms with Crippen molar-refractivity contribution in [2.75, 3.05) is 19.6 Å². The zero-order valence-electron chi connectivity index (χ0n) is 14.1. The molecule has 0 amide bonds. The number of aryl methyl sites for hydroxylation is 1. The molecule has 21 heavy (non-hydrogen) atoms. The van der Waals surface area contributed by atoms with E-state index in [1.807, 2.05) is 0 Å². The van der Waals surface area contributed by atoms with Gasteiger partial charge in [0, 0.05) is 18.1 Å². The Morgan fingerprint density at radius 3 is 2.71 bits per heavy atom. The Labute approximate surface area is 130 Å². The van der Waals surface area contributed by atoms with E-state index in [1.54, 1.807) is 0 Å². The van der Waals surface area contributed by atoms with Crippen LogP contribution in [0.5, 0.6) is 0 Å². The molecule has 1 fully saturated rings. The van der Waals surface area contributed by atoms with Crippen LogP contribution in [0.1, 0.15) is 52.0 Å². The highest BCUT2D eigenvalue weighted by Gasteiger charge is 2.30. The van der Waals surface area contributed by atoms with Gasteiger partial charge in [0.15, 0.2) is 0 Å². The summed E-state index contributed by atoms with van der Waals surface area (Å²) in [6.07, 6.45) is 6.31. The second-order valence-electron chi connectivity index (χ2n) is 7.04. The Bertz CT molecular complexity index is 399. The summed E-state index contributed by atoms with van der Waals surface area (Å²) >= 11 is 0. The van der Waals surface area contributed by atoms with E-state index in [0.717, 1.165) is 6.54 Å². The number of hydrogen-bond acceptors (Lipinski definition) is 2. The lowest BCUT2D eigenvalue weighted by Gasteiger charge is -2.44. The van der Waals surface area contributed by atoms with Gasteiger partial charge in [-0.1, -0.05) is 37.3 Å². The molecule has 1 aromatic carbocycles. The monoisotopic (exact) mass is 288 g/mol. The molecular weight excluding hydrogens is 256 g/mol. The van der Waals surface area contributed by atoms with Crippen LogP contribution in [-0.4, -0.2) is 36.1 Å². The Morgan fingerprint density at radius 1 is 1.24 bits per heavy atom. The van der Waals surface area contributed by atoms with Crippen molar-refractivity contribution in [3.63, 3.8) is 0 Å². The van der Waals surface area contributed by atoms with Gasteiger partial charge >= 0.3 is 0 Å². The average Bonchev–Trinajstić information content (AvgIpc) is 2.52. The zero-order chi connectivity index (χ0) is 15.1. The third kappa shape index (κ3) is 5.12. The predicted octanol–water partition coefficient (Wildman–Crippen LogP) is 3.86. The molecule has 0 radical (unpaired) electrons. The van der Waals surface area contributed by atoms with E-state index in [1.165, 1.54) is 50.8 Å². The summed E-state index contributed by atoms with van der Waals surface area (Å²) in [5.41, 5.74) is 1.76. The first-order valence-corrected chi connectivity index (χ1v) is 8.64. The van der Waals surface area contributed by atoms with Crippen LogP contribution in [-0.2, 0) is 6.42 Å². The van der Waals surface area contributed by atoms with Gasteiger partial charge in [0.2, 0.25) is 0 Å². The number of piperidine rings is 1. The standard InChI is InChI=1S/C19H32N2/c1-4-14-20-18-11-8-15-21(16-18)19(2,3)13-12-17-9-6-5-7-10-17/h5-7,9-10,18,20H,4,8,11-16H2,1-3H3. The van der Waals surface area contributed by atoms with E-state index in [-0.39, 0.29) is 0 Å². The summed E-state index contributed by atoms with van der Waals surface area (Å²) in [7, 11) is 0. The van der Waals surface area contributed by atoms with E-state index in [9.17, 15) is 0 Å². The van der Waals surface area contributed by atoms with E-state index < -0.39 is 0 Å². The molecule has 2 rings (SSSR count). The van der Waals surface area contributed by atoms with Gasteiger partial charge in [0.1, 0.15) is 0 Å². The molecule has 2 heteroatoms. The quantitative estimate of drug-likeness (QED) is 0.819. The number of nitrogens with zero attached hydrogens (tertiary/aromatic N) is 1. The Morgan fingerprint density at radius 2 is 2.00 bits per heavy atom. The highest BCUT2D eigenvalue weighted by molar-refractivity contribution is 5.15. The van der Waals surface area contributed by atoms with Crippen molar-refractivity contribution in [2.24, 2.45) is 0 Å². The fraction of sp³-hybridized carbons (Fsp3) is 0.684. The molecule has 1 aromatic rings. The first-order chi connectivity index (χ1) is 10.1. The SMILES string of the molecule is CCCNC1CCCN(C(C)(C)CCc2ccccc2)C1. The van der Waals surface area contributed by atoms with Crippen molar-refractivity contribution in [3.05, 3.63) is 35.9 Å². The molecule has 1 N–H and O–H groups in total. The molecule has 0 spiro atoms. The molecule has 1 unspecified atom stereocenters. The molecular formula is C19H32N2. The second-order valence-corrected chi connectivity index (χ2v) is 7.04. The maximum Gasteiger partial charge on any atom is 0.0195 e. The number of nitrogens with one attached hydrogen (secondary N) is 1. The molecule has 1 aliphatic heterocycles. The van der Waals surface area contributed by atoms with Crippen molar-refractivity contribution in [1.29, 1.82) is 0 Å². The van der Waals surface area contributed by atoms with Crippen LogP contribution >= 0.6 is 0 Å². The van der Waals surface area contributed by atoms with Crippen LogP contribution in [0.4, 0.5) is 0 Å². The Hall–Kier alpha value is -0.860. The summed E-state index contributed by atoms with van der Waals surface area (Å²) in [6, 6.07) is 11.6. The van der Waals surface area contributed by atoms with Crippen LogP contribution in [0.15, 0.2) is 30.3 Å². The van der Waals surface area contributed by atoms with Gasteiger partial charge in [-0.3, -0.25) is 4.90 Å². The van der Waals surface area contributed by atoms with Gasteiger partial charge in [-0.15, -0.1) is 0 Å². The van der Waals surface area contributed by atoms with Gasteiger partial charge in [0.05, 0.1) is 0 Å². The van der Waals surface area contributed by atoms with Crippen LogP contribution in [0.25, 0.3) is 0 Å². The van der Waals surface area contributed by atoms with Crippen molar-refractivity contribution in [3.8, 4) is 0 Å². The fourth-order valence-electron chi connectivity index (χ4n) is 3.30. The normalized spacial score (nSPS) is 20.6. The minimum Gasteiger partial charge on any atom is -0.313 e. The highest BCUT2D eigenvalue weighted by Crippen LogP contribution is 2.25. The van der Waals surface area contributed by atoms with Crippen LogP contribution < -0.4 is 5.32 Å². The predicted molar refractivity (Wildman–Crippen MR) is 91.7 cm³/mol. The summed E-state index contributed by atoms with van der Waals surface area (Å²) in [4.78, 5) is 2.70. The lowest BCUT2D eigenvalue weighted by Crippen LogP contribution is -2.54. The number of rotatable bonds is 7. The van der Waals surface area contributed by atoms with Crippen LogP contribution in [0, 0.1) is 0 Å². The van der Waals surface area contributed by atoms with Gasteiger partial charge in [-0.2, -0.15) is 0 Å². The van der Waals surface area contributed by atoms with E-state index in [0.29, 0.717) is 11.6 Å². The van der Waals surface area contributed by atoms with E-state index >= 15 is 0 Å². The molecule has 1 saturated heterocycles. The Kier molecular flexibility index (Phi) is 6.25. The largest absolute Gasteiger partial charge is 0.313 e. The van der Waals surface area contributed by atoms with Gasteiger partial charge < -0.3 is 5.32 Å². The highest BCUT2D eigenvalue weighted by atomic mass is 15.2. The van der Waals surface area contributed by atoms with Crippen LogP contribution in [0.3, 0.4) is 0 Å². The summed E-state index contributed by atoms with van der Waals surface area (Å²) in [5, 5.41) is 3.71. The minimum atomic E-state index is 0.294. The topological polar surface area (TPSA) is 15.3 Å². The molecule has 1 aliphatic rings. The fourth-order valence-corrected chi connectivity index (χ4v) is 3.30. The molecule has 1 heterocycles. The first-order valence-electron chi connectivity index (χ1n) is 8.64. The Balaban J connectivity index is 1.85. The van der Waals surface area contributed by atoms with Crippen molar-refractivity contribution >= 4 is 0 Å². The molecule has 0 aliphatic carbocycles. The van der Waals surface area contributed by atoms with E-state index in [2.05, 4.69) is 61.3 Å². The number of likely N-dealkylation sites (tertiary alicyclic amines) is 1. The average molecular weight is 288 g/mol. The lowest BCUT2D eigenvalue weighted by atomic mass is 9.90. The molecule has 0 aromatic heterocycles. The summed E-state index contributed by atoms with van der Waals surface area (Å²) in [5.74, 6) is 0. The number of hydrogen-bond donors (Lipinski definition) is 1. The lowest BCUT2D eigenvalue weighted by molar-refractivity contribution is 0.0714.